The van der Waals surface area contributed by atoms with Crippen molar-refractivity contribution in [3.63, 3.8) is 0 Å². The summed E-state index contributed by atoms with van der Waals surface area (Å²) in [5.74, 6) is 2.19. The number of anilines is 1. The van der Waals surface area contributed by atoms with Crippen LogP contribution in [0.1, 0.15) is 65.4 Å². The summed E-state index contributed by atoms with van der Waals surface area (Å²) in [6.45, 7) is 9.64. The van der Waals surface area contributed by atoms with Crippen LogP contribution < -0.4 is 9.64 Å². The normalized spacial score (nSPS) is 15.5. The van der Waals surface area contributed by atoms with Gasteiger partial charge in [-0.3, -0.25) is 5.41 Å². The van der Waals surface area contributed by atoms with Gasteiger partial charge in [0.1, 0.15) is 11.6 Å². The first-order valence-corrected chi connectivity index (χ1v) is 10.2. The van der Waals surface area contributed by atoms with Crippen molar-refractivity contribution in [2.45, 2.75) is 65.8 Å². The predicted molar refractivity (Wildman–Crippen MR) is 112 cm³/mol. The lowest BCUT2D eigenvalue weighted by Gasteiger charge is -2.26. The molecule has 1 N–H and O–H groups in total. The second-order valence-electron chi connectivity index (χ2n) is 7.51. The van der Waals surface area contributed by atoms with Gasteiger partial charge < -0.3 is 9.64 Å². The van der Waals surface area contributed by atoms with Crippen molar-refractivity contribution in [2.75, 3.05) is 11.5 Å². The number of rotatable bonds is 9. The van der Waals surface area contributed by atoms with Crippen LogP contribution in [0, 0.1) is 11.3 Å². The van der Waals surface area contributed by atoms with Crippen molar-refractivity contribution in [1.82, 2.24) is 0 Å². The fourth-order valence-corrected chi connectivity index (χ4v) is 3.88. The van der Waals surface area contributed by atoms with Gasteiger partial charge in [0.2, 0.25) is 0 Å². The van der Waals surface area contributed by atoms with Crippen LogP contribution >= 0.6 is 0 Å². The van der Waals surface area contributed by atoms with Gasteiger partial charge in [0, 0.05) is 22.4 Å². The Morgan fingerprint density at radius 3 is 2.58 bits per heavy atom. The van der Waals surface area contributed by atoms with Crippen LogP contribution in [0.4, 0.5) is 5.69 Å². The Hall–Kier alpha value is -2.03. The molecular formula is C23H32N2O. The molecule has 1 aliphatic heterocycles. The molecule has 140 valence electrons. The monoisotopic (exact) mass is 352 g/mol. The van der Waals surface area contributed by atoms with Crippen molar-refractivity contribution >= 4 is 22.3 Å². The van der Waals surface area contributed by atoms with E-state index >= 15 is 0 Å². The van der Waals surface area contributed by atoms with E-state index in [-0.39, 0.29) is 0 Å². The highest BCUT2D eigenvalue weighted by Gasteiger charge is 2.30. The molecule has 0 bridgehead atoms. The van der Waals surface area contributed by atoms with Crippen LogP contribution in [0.5, 0.6) is 5.75 Å². The highest BCUT2D eigenvalue weighted by atomic mass is 16.5. The van der Waals surface area contributed by atoms with E-state index in [4.69, 9.17) is 10.1 Å². The van der Waals surface area contributed by atoms with E-state index < -0.39 is 0 Å². The average Bonchev–Trinajstić information content (AvgIpc) is 2.96. The van der Waals surface area contributed by atoms with E-state index in [2.05, 4.69) is 62.9 Å². The van der Waals surface area contributed by atoms with Crippen molar-refractivity contribution in [3.05, 3.63) is 35.9 Å². The minimum absolute atomic E-state index is 0.323. The highest BCUT2D eigenvalue weighted by Crippen LogP contribution is 2.42. The standard InChI is InChI=1S/C23H32N2O/c1-5-8-10-17(7-3)15-26-21-14-13-20-22-18(21)11-9-12-19(22)23(24)25(20)16(4)6-2/h9,11-14,16-17,24H,5-8,10,15H2,1-4H3. The lowest BCUT2D eigenvalue weighted by Crippen LogP contribution is -2.35. The van der Waals surface area contributed by atoms with Gasteiger partial charge in [0.25, 0.3) is 0 Å². The number of ether oxygens (including phenoxy) is 1. The molecule has 1 heterocycles. The first kappa shape index (κ1) is 18.8. The molecule has 0 radical (unpaired) electrons. The number of nitrogens with one attached hydrogen (secondary N) is 1. The number of hydrogen-bond acceptors (Lipinski definition) is 2. The Bertz CT molecular complexity index is 783. The summed E-state index contributed by atoms with van der Waals surface area (Å²) < 4.78 is 6.28. The van der Waals surface area contributed by atoms with Gasteiger partial charge in [-0.05, 0) is 37.8 Å². The van der Waals surface area contributed by atoms with Gasteiger partial charge >= 0.3 is 0 Å². The molecule has 3 rings (SSSR count). The van der Waals surface area contributed by atoms with Gasteiger partial charge in [-0.15, -0.1) is 0 Å². The van der Waals surface area contributed by atoms with Gasteiger partial charge in [-0.1, -0.05) is 58.2 Å². The zero-order valence-electron chi connectivity index (χ0n) is 16.6. The Morgan fingerprint density at radius 2 is 1.88 bits per heavy atom. The van der Waals surface area contributed by atoms with E-state index in [1.54, 1.807) is 0 Å². The Kier molecular flexibility index (Phi) is 5.85. The van der Waals surface area contributed by atoms with Crippen LogP contribution in [0.3, 0.4) is 0 Å². The Labute approximate surface area is 157 Å². The molecule has 0 aliphatic carbocycles. The summed E-state index contributed by atoms with van der Waals surface area (Å²) in [7, 11) is 0. The average molecular weight is 353 g/mol. The first-order chi connectivity index (χ1) is 12.6. The summed E-state index contributed by atoms with van der Waals surface area (Å²) in [6.07, 6.45) is 5.93. The van der Waals surface area contributed by atoms with E-state index in [1.807, 2.05) is 0 Å². The molecule has 0 saturated heterocycles. The fraction of sp³-hybridized carbons (Fsp3) is 0.522. The van der Waals surface area contributed by atoms with Gasteiger partial charge in [0.05, 0.1) is 12.3 Å². The maximum atomic E-state index is 8.64. The largest absolute Gasteiger partial charge is 0.493 e. The van der Waals surface area contributed by atoms with Gasteiger partial charge in [-0.2, -0.15) is 0 Å². The predicted octanol–water partition coefficient (Wildman–Crippen LogP) is 6.38. The van der Waals surface area contributed by atoms with Crippen molar-refractivity contribution in [3.8, 4) is 5.75 Å². The number of hydrogen-bond donors (Lipinski definition) is 1. The third kappa shape index (κ3) is 3.32. The molecule has 2 unspecified atom stereocenters. The molecular weight excluding hydrogens is 320 g/mol. The Morgan fingerprint density at radius 1 is 1.08 bits per heavy atom. The minimum Gasteiger partial charge on any atom is -0.493 e. The maximum absolute atomic E-state index is 8.64. The van der Waals surface area contributed by atoms with Crippen LogP contribution in [-0.2, 0) is 0 Å². The van der Waals surface area contributed by atoms with E-state index in [9.17, 15) is 0 Å². The molecule has 2 aromatic carbocycles. The molecule has 0 amide bonds. The number of unbranched alkanes of at least 4 members (excludes halogenated alkanes) is 1. The second-order valence-corrected chi connectivity index (χ2v) is 7.51. The molecule has 2 atom stereocenters. The van der Waals surface area contributed by atoms with Crippen molar-refractivity contribution in [2.24, 2.45) is 5.92 Å². The zero-order chi connectivity index (χ0) is 18.7. The molecule has 0 fully saturated rings. The molecule has 2 aromatic rings. The van der Waals surface area contributed by atoms with E-state index in [0.29, 0.717) is 17.8 Å². The SMILES string of the molecule is CCCCC(CC)COc1ccc2c3c(cccc13)C(=N)N2C(C)CC. The molecule has 3 nitrogen and oxygen atoms in total. The van der Waals surface area contributed by atoms with E-state index in [0.717, 1.165) is 41.8 Å². The van der Waals surface area contributed by atoms with Gasteiger partial charge in [-0.25, -0.2) is 0 Å². The molecule has 3 heteroatoms. The lowest BCUT2D eigenvalue weighted by molar-refractivity contribution is 0.235. The summed E-state index contributed by atoms with van der Waals surface area (Å²) in [5, 5.41) is 11.0. The van der Waals surface area contributed by atoms with Gasteiger partial charge in [0.15, 0.2) is 0 Å². The van der Waals surface area contributed by atoms with E-state index in [1.165, 1.54) is 24.6 Å². The smallest absolute Gasteiger partial charge is 0.133 e. The number of amidine groups is 1. The molecule has 1 aliphatic rings. The molecule has 0 aromatic heterocycles. The number of benzene rings is 2. The summed E-state index contributed by atoms with van der Waals surface area (Å²) in [4.78, 5) is 2.16. The van der Waals surface area contributed by atoms with Crippen LogP contribution in [0.25, 0.3) is 10.8 Å². The number of nitrogens with zero attached hydrogens (tertiary/aromatic N) is 1. The van der Waals surface area contributed by atoms with Crippen LogP contribution in [-0.4, -0.2) is 18.5 Å². The summed E-state index contributed by atoms with van der Waals surface area (Å²) >= 11 is 0. The fourth-order valence-electron chi connectivity index (χ4n) is 3.88. The zero-order valence-corrected chi connectivity index (χ0v) is 16.6. The summed E-state index contributed by atoms with van der Waals surface area (Å²) in [5.41, 5.74) is 2.18. The quantitative estimate of drug-likeness (QED) is 0.568. The Balaban J connectivity index is 1.92. The first-order valence-electron chi connectivity index (χ1n) is 10.2. The second kappa shape index (κ2) is 8.11. The van der Waals surface area contributed by atoms with Crippen molar-refractivity contribution in [1.29, 1.82) is 5.41 Å². The van der Waals surface area contributed by atoms with Crippen LogP contribution in [0.2, 0.25) is 0 Å². The van der Waals surface area contributed by atoms with Crippen LogP contribution in [0.15, 0.2) is 30.3 Å². The summed E-state index contributed by atoms with van der Waals surface area (Å²) in [6, 6.07) is 10.8. The third-order valence-corrected chi connectivity index (χ3v) is 5.78. The minimum atomic E-state index is 0.323. The molecule has 0 spiro atoms. The maximum Gasteiger partial charge on any atom is 0.133 e. The molecule has 26 heavy (non-hydrogen) atoms. The lowest BCUT2D eigenvalue weighted by atomic mass is 10.0. The third-order valence-electron chi connectivity index (χ3n) is 5.78. The topological polar surface area (TPSA) is 36.3 Å². The molecule has 0 saturated carbocycles. The van der Waals surface area contributed by atoms with Crippen molar-refractivity contribution < 1.29 is 4.74 Å². The highest BCUT2D eigenvalue weighted by molar-refractivity contribution is 6.27.